The molecule has 110 valence electrons. The summed E-state index contributed by atoms with van der Waals surface area (Å²) in [7, 11) is 1.71. The van der Waals surface area contributed by atoms with Crippen LogP contribution in [-0.2, 0) is 0 Å². The summed E-state index contributed by atoms with van der Waals surface area (Å²) in [5, 5.41) is 5.93. The predicted molar refractivity (Wildman–Crippen MR) is 85.0 cm³/mol. The summed E-state index contributed by atoms with van der Waals surface area (Å²) < 4.78 is 5.39. The van der Waals surface area contributed by atoms with Crippen molar-refractivity contribution in [2.75, 3.05) is 31.6 Å². The van der Waals surface area contributed by atoms with Crippen LogP contribution in [-0.4, -0.2) is 37.8 Å². The van der Waals surface area contributed by atoms with E-state index in [1.165, 1.54) is 10.8 Å². The maximum absolute atomic E-state index is 5.39. The highest BCUT2D eigenvalue weighted by Gasteiger charge is 2.42. The first kappa shape index (κ1) is 12.9. The second kappa shape index (κ2) is 4.88. The van der Waals surface area contributed by atoms with E-state index in [1.807, 2.05) is 12.3 Å². The Morgan fingerprint density at radius 2 is 2.19 bits per heavy atom. The third-order valence-corrected chi connectivity index (χ3v) is 5.16. The Morgan fingerprint density at radius 1 is 1.29 bits per heavy atom. The Bertz CT molecular complexity index is 672. The molecular weight excluding hydrogens is 262 g/mol. The van der Waals surface area contributed by atoms with E-state index >= 15 is 0 Å². The molecule has 3 unspecified atom stereocenters. The van der Waals surface area contributed by atoms with Crippen LogP contribution in [0.3, 0.4) is 0 Å². The van der Waals surface area contributed by atoms with Gasteiger partial charge in [-0.2, -0.15) is 0 Å². The van der Waals surface area contributed by atoms with E-state index in [0.717, 1.165) is 43.0 Å². The number of benzene rings is 1. The zero-order chi connectivity index (χ0) is 14.4. The molecule has 3 atom stereocenters. The Labute approximate surface area is 125 Å². The number of rotatable bonds is 2. The van der Waals surface area contributed by atoms with Crippen molar-refractivity contribution in [1.29, 1.82) is 0 Å². The minimum Gasteiger partial charge on any atom is -0.497 e. The summed E-state index contributed by atoms with van der Waals surface area (Å²) in [4.78, 5) is 7.18. The average Bonchev–Trinajstić information content (AvgIpc) is 3.09. The third kappa shape index (κ3) is 1.97. The molecule has 21 heavy (non-hydrogen) atoms. The molecule has 0 aliphatic carbocycles. The molecule has 2 aliphatic heterocycles. The molecule has 2 aliphatic rings. The fourth-order valence-corrected chi connectivity index (χ4v) is 3.94. The van der Waals surface area contributed by atoms with E-state index in [0.29, 0.717) is 6.04 Å². The molecule has 4 rings (SSSR count). The van der Waals surface area contributed by atoms with Crippen molar-refractivity contribution in [3.8, 4) is 5.75 Å². The lowest BCUT2D eigenvalue weighted by Gasteiger charge is -2.26. The topological polar surface area (TPSA) is 37.4 Å². The standard InChI is InChI=1S/C17H21N3O/c1-11-16-9-18-8-13(16)10-20(11)17-15-7-14(21-2)4-3-12(15)5-6-19-17/h3-7,11,13,16,18H,8-10H2,1-2H3. The molecule has 1 N–H and O–H groups in total. The van der Waals surface area contributed by atoms with Crippen molar-refractivity contribution in [3.63, 3.8) is 0 Å². The highest BCUT2D eigenvalue weighted by Crippen LogP contribution is 2.38. The van der Waals surface area contributed by atoms with Crippen molar-refractivity contribution in [2.24, 2.45) is 11.8 Å². The lowest BCUT2D eigenvalue weighted by atomic mass is 9.95. The fourth-order valence-electron chi connectivity index (χ4n) is 3.94. The first-order valence-corrected chi connectivity index (χ1v) is 7.68. The second-order valence-electron chi connectivity index (χ2n) is 6.20. The number of methoxy groups -OCH3 is 1. The van der Waals surface area contributed by atoms with Gasteiger partial charge in [-0.1, -0.05) is 6.07 Å². The summed E-state index contributed by atoms with van der Waals surface area (Å²) in [6.45, 7) is 5.70. The number of ether oxygens (including phenoxy) is 1. The van der Waals surface area contributed by atoms with Crippen molar-refractivity contribution in [3.05, 3.63) is 30.5 Å². The predicted octanol–water partition coefficient (Wildman–Crippen LogP) is 2.29. The molecule has 2 saturated heterocycles. The zero-order valence-corrected chi connectivity index (χ0v) is 12.5. The van der Waals surface area contributed by atoms with Crippen LogP contribution >= 0.6 is 0 Å². The Morgan fingerprint density at radius 3 is 3.00 bits per heavy atom. The van der Waals surface area contributed by atoms with Gasteiger partial charge in [0, 0.05) is 37.3 Å². The van der Waals surface area contributed by atoms with Gasteiger partial charge in [0.15, 0.2) is 0 Å². The van der Waals surface area contributed by atoms with Crippen LogP contribution in [0, 0.1) is 11.8 Å². The minimum absolute atomic E-state index is 0.536. The molecule has 1 aromatic carbocycles. The van der Waals surface area contributed by atoms with Crippen LogP contribution in [0.4, 0.5) is 5.82 Å². The highest BCUT2D eigenvalue weighted by atomic mass is 16.5. The first-order valence-electron chi connectivity index (χ1n) is 7.68. The van der Waals surface area contributed by atoms with Crippen LogP contribution in [0.5, 0.6) is 5.75 Å². The maximum atomic E-state index is 5.39. The van der Waals surface area contributed by atoms with Gasteiger partial charge in [-0.25, -0.2) is 4.98 Å². The van der Waals surface area contributed by atoms with Crippen LogP contribution in [0.15, 0.2) is 30.5 Å². The van der Waals surface area contributed by atoms with Gasteiger partial charge in [0.1, 0.15) is 11.6 Å². The molecule has 0 bridgehead atoms. The van der Waals surface area contributed by atoms with E-state index < -0.39 is 0 Å². The van der Waals surface area contributed by atoms with Gasteiger partial charge in [0.2, 0.25) is 0 Å². The van der Waals surface area contributed by atoms with Crippen molar-refractivity contribution in [1.82, 2.24) is 10.3 Å². The number of anilines is 1. The Kier molecular flexibility index (Phi) is 3.00. The van der Waals surface area contributed by atoms with Gasteiger partial charge in [-0.3, -0.25) is 0 Å². The molecule has 4 heteroatoms. The highest BCUT2D eigenvalue weighted by molar-refractivity contribution is 5.93. The van der Waals surface area contributed by atoms with Crippen molar-refractivity contribution in [2.45, 2.75) is 13.0 Å². The molecule has 3 heterocycles. The zero-order valence-electron chi connectivity index (χ0n) is 12.5. The maximum Gasteiger partial charge on any atom is 0.136 e. The lowest BCUT2D eigenvalue weighted by Crippen LogP contribution is -2.33. The van der Waals surface area contributed by atoms with Crippen molar-refractivity contribution < 1.29 is 4.74 Å². The smallest absolute Gasteiger partial charge is 0.136 e. The molecule has 2 aromatic rings. The number of hydrogen-bond acceptors (Lipinski definition) is 4. The van der Waals surface area contributed by atoms with E-state index in [9.17, 15) is 0 Å². The molecule has 0 spiro atoms. The second-order valence-corrected chi connectivity index (χ2v) is 6.20. The Balaban J connectivity index is 1.79. The molecule has 0 amide bonds. The van der Waals surface area contributed by atoms with Gasteiger partial charge in [-0.05, 0) is 42.3 Å². The number of nitrogens with one attached hydrogen (secondary N) is 1. The quantitative estimate of drug-likeness (QED) is 0.917. The van der Waals surface area contributed by atoms with Gasteiger partial charge in [0.05, 0.1) is 7.11 Å². The number of hydrogen-bond donors (Lipinski definition) is 1. The average molecular weight is 283 g/mol. The lowest BCUT2D eigenvalue weighted by molar-refractivity contribution is 0.415. The summed E-state index contributed by atoms with van der Waals surface area (Å²) in [5.74, 6) is 3.49. The monoisotopic (exact) mass is 283 g/mol. The van der Waals surface area contributed by atoms with E-state index in [1.54, 1.807) is 7.11 Å². The van der Waals surface area contributed by atoms with E-state index in [-0.39, 0.29) is 0 Å². The summed E-state index contributed by atoms with van der Waals surface area (Å²) >= 11 is 0. The molecule has 4 nitrogen and oxygen atoms in total. The summed E-state index contributed by atoms with van der Waals surface area (Å²) in [6.07, 6.45) is 1.92. The van der Waals surface area contributed by atoms with Crippen molar-refractivity contribution >= 4 is 16.6 Å². The van der Waals surface area contributed by atoms with Gasteiger partial charge < -0.3 is 15.0 Å². The van der Waals surface area contributed by atoms with Crippen LogP contribution < -0.4 is 15.0 Å². The van der Waals surface area contributed by atoms with E-state index in [4.69, 9.17) is 9.72 Å². The van der Waals surface area contributed by atoms with E-state index in [2.05, 4.69) is 35.3 Å². The molecule has 0 radical (unpaired) electrons. The van der Waals surface area contributed by atoms with Gasteiger partial charge >= 0.3 is 0 Å². The minimum atomic E-state index is 0.536. The molecule has 2 fully saturated rings. The molecular formula is C17H21N3O. The molecule has 0 saturated carbocycles. The van der Waals surface area contributed by atoms with Gasteiger partial charge in [0.25, 0.3) is 0 Å². The number of aromatic nitrogens is 1. The normalized spacial score (nSPS) is 28.1. The number of pyridine rings is 1. The Hall–Kier alpha value is -1.81. The number of fused-ring (bicyclic) bond motifs is 2. The summed E-state index contributed by atoms with van der Waals surface area (Å²) in [5.41, 5.74) is 0. The largest absolute Gasteiger partial charge is 0.497 e. The van der Waals surface area contributed by atoms with Crippen LogP contribution in [0.2, 0.25) is 0 Å². The van der Waals surface area contributed by atoms with Crippen LogP contribution in [0.25, 0.3) is 10.8 Å². The summed E-state index contributed by atoms with van der Waals surface area (Å²) in [6, 6.07) is 8.84. The van der Waals surface area contributed by atoms with Gasteiger partial charge in [-0.15, -0.1) is 0 Å². The van der Waals surface area contributed by atoms with Crippen LogP contribution in [0.1, 0.15) is 6.92 Å². The first-order chi connectivity index (χ1) is 10.3. The fraction of sp³-hybridized carbons (Fsp3) is 0.471. The molecule has 1 aromatic heterocycles. The third-order valence-electron chi connectivity index (χ3n) is 5.16. The SMILES string of the molecule is COc1ccc2ccnc(N3CC4CNCC4C3C)c2c1. The number of nitrogens with zero attached hydrogens (tertiary/aromatic N) is 2.